The van der Waals surface area contributed by atoms with E-state index in [-0.39, 0.29) is 23.1 Å². The molecule has 0 bridgehead atoms. The molecule has 0 aliphatic carbocycles. The molecule has 0 aliphatic rings. The highest BCUT2D eigenvalue weighted by Crippen LogP contribution is 2.19. The number of nitrogens with two attached hydrogens (primary N) is 1. The van der Waals surface area contributed by atoms with E-state index >= 15 is 0 Å². The Labute approximate surface area is 90.2 Å². The standard InChI is InChI=1S/C10H8N2O4/c11-9-5-8(12-16-9)10(14)15-7-3-1-2-6(13)4-7/h1-5,13H,11H2. The number of carbonyl (C=O) groups is 1. The van der Waals surface area contributed by atoms with E-state index in [1.165, 1.54) is 24.3 Å². The monoisotopic (exact) mass is 220 g/mol. The molecule has 1 heterocycles. The molecular weight excluding hydrogens is 212 g/mol. The zero-order chi connectivity index (χ0) is 11.5. The SMILES string of the molecule is Nc1cc(C(=O)Oc2cccc(O)c2)no1. The summed E-state index contributed by atoms with van der Waals surface area (Å²) in [6, 6.07) is 7.11. The van der Waals surface area contributed by atoms with Crippen molar-refractivity contribution >= 4 is 11.9 Å². The lowest BCUT2D eigenvalue weighted by molar-refractivity contribution is 0.0724. The highest BCUT2D eigenvalue weighted by molar-refractivity contribution is 5.89. The molecule has 0 radical (unpaired) electrons. The van der Waals surface area contributed by atoms with Gasteiger partial charge in [0, 0.05) is 12.1 Å². The van der Waals surface area contributed by atoms with Crippen molar-refractivity contribution in [1.29, 1.82) is 0 Å². The number of esters is 1. The molecule has 3 N–H and O–H groups in total. The van der Waals surface area contributed by atoms with Crippen LogP contribution in [0.2, 0.25) is 0 Å². The topological polar surface area (TPSA) is 98.6 Å². The van der Waals surface area contributed by atoms with Crippen molar-refractivity contribution in [2.24, 2.45) is 0 Å². The Bertz CT molecular complexity index is 521. The maximum atomic E-state index is 11.5. The third-order valence-electron chi connectivity index (χ3n) is 1.77. The fraction of sp³-hybridized carbons (Fsp3) is 0. The Morgan fingerprint density at radius 3 is 2.88 bits per heavy atom. The number of ether oxygens (including phenoxy) is 1. The molecule has 0 atom stereocenters. The first kappa shape index (κ1) is 10.0. The molecule has 0 saturated carbocycles. The van der Waals surface area contributed by atoms with Crippen LogP contribution in [0.25, 0.3) is 0 Å². The number of hydrogen-bond donors (Lipinski definition) is 2. The summed E-state index contributed by atoms with van der Waals surface area (Å²) in [5.74, 6) is -0.453. The van der Waals surface area contributed by atoms with Gasteiger partial charge >= 0.3 is 5.97 Å². The Balaban J connectivity index is 2.13. The van der Waals surface area contributed by atoms with Gasteiger partial charge in [-0.05, 0) is 12.1 Å². The molecule has 1 aromatic heterocycles. The van der Waals surface area contributed by atoms with Crippen LogP contribution >= 0.6 is 0 Å². The minimum absolute atomic E-state index is 0.00460. The molecule has 0 unspecified atom stereocenters. The van der Waals surface area contributed by atoms with Crippen LogP contribution in [-0.2, 0) is 0 Å². The number of benzene rings is 1. The molecule has 2 aromatic rings. The second kappa shape index (κ2) is 3.93. The lowest BCUT2D eigenvalue weighted by Gasteiger charge is -2.01. The smallest absolute Gasteiger partial charge is 0.366 e. The van der Waals surface area contributed by atoms with Crippen molar-refractivity contribution in [3.63, 3.8) is 0 Å². The normalized spacial score (nSPS) is 10.0. The number of aromatic hydroxyl groups is 1. The van der Waals surface area contributed by atoms with Gasteiger partial charge in [0.1, 0.15) is 11.5 Å². The van der Waals surface area contributed by atoms with Crippen molar-refractivity contribution in [1.82, 2.24) is 5.16 Å². The molecule has 0 aliphatic heterocycles. The first-order valence-corrected chi connectivity index (χ1v) is 4.38. The first-order valence-electron chi connectivity index (χ1n) is 4.38. The van der Waals surface area contributed by atoms with Crippen LogP contribution in [0.5, 0.6) is 11.5 Å². The van der Waals surface area contributed by atoms with Crippen LogP contribution in [0.15, 0.2) is 34.9 Å². The van der Waals surface area contributed by atoms with Crippen LogP contribution in [0.3, 0.4) is 0 Å². The summed E-state index contributed by atoms with van der Waals surface area (Å²) in [7, 11) is 0. The van der Waals surface area contributed by atoms with Gasteiger partial charge in [0.2, 0.25) is 5.88 Å². The largest absolute Gasteiger partial charge is 0.508 e. The second-order valence-corrected chi connectivity index (χ2v) is 3.00. The van der Waals surface area contributed by atoms with Gasteiger partial charge < -0.3 is 20.1 Å². The molecule has 1 aromatic carbocycles. The van der Waals surface area contributed by atoms with Crippen molar-refractivity contribution in [2.45, 2.75) is 0 Å². The van der Waals surface area contributed by atoms with Crippen LogP contribution < -0.4 is 10.5 Å². The quantitative estimate of drug-likeness (QED) is 0.582. The highest BCUT2D eigenvalue weighted by Gasteiger charge is 2.13. The van der Waals surface area contributed by atoms with Gasteiger partial charge in [-0.2, -0.15) is 0 Å². The van der Waals surface area contributed by atoms with Gasteiger partial charge in [0.25, 0.3) is 0 Å². The third kappa shape index (κ3) is 2.11. The van der Waals surface area contributed by atoms with E-state index in [9.17, 15) is 4.79 Å². The maximum absolute atomic E-state index is 11.5. The molecule has 0 fully saturated rings. The number of rotatable bonds is 2. The van der Waals surface area contributed by atoms with Crippen molar-refractivity contribution in [3.05, 3.63) is 36.0 Å². The molecule has 6 heteroatoms. The fourth-order valence-electron chi connectivity index (χ4n) is 1.09. The van der Waals surface area contributed by atoms with Crippen molar-refractivity contribution < 1.29 is 19.2 Å². The summed E-state index contributed by atoms with van der Waals surface area (Å²) < 4.78 is 9.44. The summed E-state index contributed by atoms with van der Waals surface area (Å²) in [6.07, 6.45) is 0. The van der Waals surface area contributed by atoms with E-state index in [4.69, 9.17) is 15.6 Å². The van der Waals surface area contributed by atoms with Crippen molar-refractivity contribution in [2.75, 3.05) is 5.73 Å². The number of anilines is 1. The number of phenolic OH excluding ortho intramolecular Hbond substituents is 1. The average Bonchev–Trinajstić information content (AvgIpc) is 2.65. The Kier molecular flexibility index (Phi) is 2.47. The van der Waals surface area contributed by atoms with Gasteiger partial charge in [0.05, 0.1) is 0 Å². The molecule has 0 saturated heterocycles. The predicted molar refractivity (Wildman–Crippen MR) is 54.0 cm³/mol. The Hall–Kier alpha value is -2.50. The lowest BCUT2D eigenvalue weighted by Crippen LogP contribution is -2.08. The third-order valence-corrected chi connectivity index (χ3v) is 1.77. The number of nitrogen functional groups attached to an aromatic ring is 1. The van der Waals surface area contributed by atoms with E-state index in [0.29, 0.717) is 0 Å². The van der Waals surface area contributed by atoms with E-state index in [1.807, 2.05) is 0 Å². The number of hydrogen-bond acceptors (Lipinski definition) is 6. The second-order valence-electron chi connectivity index (χ2n) is 3.00. The minimum Gasteiger partial charge on any atom is -0.508 e. The minimum atomic E-state index is -0.703. The Morgan fingerprint density at radius 1 is 1.44 bits per heavy atom. The van der Waals surface area contributed by atoms with E-state index in [2.05, 4.69) is 9.68 Å². The van der Waals surface area contributed by atoms with Crippen molar-refractivity contribution in [3.8, 4) is 11.5 Å². The molecular formula is C10H8N2O4. The summed E-state index contributed by atoms with van der Waals surface area (Å²) in [6.45, 7) is 0. The molecule has 6 nitrogen and oxygen atoms in total. The zero-order valence-corrected chi connectivity index (χ0v) is 8.08. The van der Waals surface area contributed by atoms with Crippen LogP contribution in [0, 0.1) is 0 Å². The fourth-order valence-corrected chi connectivity index (χ4v) is 1.09. The van der Waals surface area contributed by atoms with E-state index < -0.39 is 5.97 Å². The molecule has 16 heavy (non-hydrogen) atoms. The van der Waals surface area contributed by atoms with Gasteiger partial charge in [0.15, 0.2) is 5.69 Å². The molecule has 0 spiro atoms. The average molecular weight is 220 g/mol. The lowest BCUT2D eigenvalue weighted by atomic mass is 10.3. The number of nitrogens with zero attached hydrogens (tertiary/aromatic N) is 1. The van der Waals surface area contributed by atoms with Crippen LogP contribution in [-0.4, -0.2) is 16.2 Å². The summed E-state index contributed by atoms with van der Waals surface area (Å²) in [4.78, 5) is 11.5. The Morgan fingerprint density at radius 2 is 2.25 bits per heavy atom. The maximum Gasteiger partial charge on any atom is 0.366 e. The molecule has 0 amide bonds. The summed E-state index contributed by atoms with van der Waals surface area (Å²) in [5, 5.41) is 12.6. The predicted octanol–water partition coefficient (Wildman–Crippen LogP) is 1.18. The zero-order valence-electron chi connectivity index (χ0n) is 8.08. The highest BCUT2D eigenvalue weighted by atomic mass is 16.5. The number of aromatic nitrogens is 1. The van der Waals surface area contributed by atoms with Gasteiger partial charge in [-0.15, -0.1) is 0 Å². The van der Waals surface area contributed by atoms with Crippen LogP contribution in [0.1, 0.15) is 10.5 Å². The molecule has 2 rings (SSSR count). The number of carbonyl (C=O) groups excluding carboxylic acids is 1. The first-order chi connectivity index (χ1) is 7.65. The molecule has 82 valence electrons. The summed E-state index contributed by atoms with van der Waals surface area (Å²) in [5.41, 5.74) is 5.23. The van der Waals surface area contributed by atoms with E-state index in [0.717, 1.165) is 0 Å². The number of phenols is 1. The van der Waals surface area contributed by atoms with Gasteiger partial charge in [-0.3, -0.25) is 0 Å². The van der Waals surface area contributed by atoms with Gasteiger partial charge in [-0.1, -0.05) is 11.2 Å². The van der Waals surface area contributed by atoms with Gasteiger partial charge in [-0.25, -0.2) is 4.79 Å². The van der Waals surface area contributed by atoms with E-state index in [1.54, 1.807) is 6.07 Å². The van der Waals surface area contributed by atoms with Crippen LogP contribution in [0.4, 0.5) is 5.88 Å². The summed E-state index contributed by atoms with van der Waals surface area (Å²) >= 11 is 0.